The number of amides is 1. The zero-order valence-corrected chi connectivity index (χ0v) is 18.3. The van der Waals surface area contributed by atoms with Gasteiger partial charge in [0, 0.05) is 29.9 Å². The van der Waals surface area contributed by atoms with Crippen molar-refractivity contribution in [1.82, 2.24) is 15.3 Å². The fourth-order valence-electron chi connectivity index (χ4n) is 3.45. The van der Waals surface area contributed by atoms with Crippen molar-refractivity contribution in [2.24, 2.45) is 5.14 Å². The number of nitrogens with zero attached hydrogens (tertiary/aromatic N) is 2. The predicted molar refractivity (Wildman–Crippen MR) is 124 cm³/mol. The molecule has 7 nitrogen and oxygen atoms in total. The Balaban J connectivity index is 1.56. The topological polar surface area (TPSA) is 115 Å². The van der Waals surface area contributed by atoms with E-state index in [1.807, 2.05) is 37.3 Å². The summed E-state index contributed by atoms with van der Waals surface area (Å²) >= 11 is 0. The Morgan fingerprint density at radius 2 is 1.84 bits per heavy atom. The summed E-state index contributed by atoms with van der Waals surface area (Å²) in [4.78, 5) is 22.0. The van der Waals surface area contributed by atoms with E-state index in [2.05, 4.69) is 10.3 Å². The minimum Gasteiger partial charge on any atom is -0.352 e. The van der Waals surface area contributed by atoms with Crippen molar-refractivity contribution in [3.8, 4) is 11.3 Å². The minimum absolute atomic E-state index is 0.0619. The molecule has 0 fully saturated rings. The molecule has 162 valence electrons. The van der Waals surface area contributed by atoms with Gasteiger partial charge in [-0.1, -0.05) is 23.8 Å². The lowest BCUT2D eigenvalue weighted by molar-refractivity contribution is 0.0955. The third-order valence-electron chi connectivity index (χ3n) is 5.12. The van der Waals surface area contributed by atoms with Crippen molar-refractivity contribution in [2.75, 3.05) is 6.54 Å². The molecule has 2 heterocycles. The van der Waals surface area contributed by atoms with Gasteiger partial charge in [-0.15, -0.1) is 0 Å². The van der Waals surface area contributed by atoms with Gasteiger partial charge in [-0.2, -0.15) is 0 Å². The summed E-state index contributed by atoms with van der Waals surface area (Å²) in [6.07, 6.45) is 3.96. The van der Waals surface area contributed by atoms with Crippen LogP contribution in [0.3, 0.4) is 0 Å². The number of hydrogen-bond donors (Lipinski definition) is 2. The van der Waals surface area contributed by atoms with Crippen LogP contribution in [0.5, 0.6) is 0 Å². The maximum absolute atomic E-state index is 13.1. The Morgan fingerprint density at radius 3 is 2.53 bits per heavy atom. The number of nitrogens with two attached hydrogens (primary N) is 1. The molecule has 0 saturated heterocycles. The number of rotatable bonds is 6. The third-order valence-corrected chi connectivity index (χ3v) is 6.05. The maximum atomic E-state index is 13.1. The van der Waals surface area contributed by atoms with Crippen LogP contribution in [0.4, 0.5) is 0 Å². The number of carbonyl (C=O) groups excluding carboxylic acids is 1. The second kappa shape index (κ2) is 8.86. The molecule has 1 amide bonds. The quantitative estimate of drug-likeness (QED) is 0.472. The van der Waals surface area contributed by atoms with E-state index in [1.54, 1.807) is 30.6 Å². The largest absolute Gasteiger partial charge is 0.352 e. The number of hydrogen-bond acceptors (Lipinski definition) is 5. The second-order valence-corrected chi connectivity index (χ2v) is 9.07. The molecular weight excluding hydrogens is 424 g/mol. The molecule has 8 heteroatoms. The molecule has 0 radical (unpaired) electrons. The molecule has 3 N–H and O–H groups in total. The monoisotopic (exact) mass is 446 g/mol. The van der Waals surface area contributed by atoms with E-state index in [1.165, 1.54) is 12.1 Å². The fourth-order valence-corrected chi connectivity index (χ4v) is 3.97. The summed E-state index contributed by atoms with van der Waals surface area (Å²) in [5, 5.41) is 8.87. The van der Waals surface area contributed by atoms with Gasteiger partial charge in [0.2, 0.25) is 10.0 Å². The molecule has 2 aromatic carbocycles. The van der Waals surface area contributed by atoms with Gasteiger partial charge in [0.1, 0.15) is 0 Å². The molecule has 0 spiro atoms. The van der Waals surface area contributed by atoms with E-state index in [-0.39, 0.29) is 10.8 Å². The SMILES string of the molecule is Cc1ccc2nc(-c3cccnc3)cc(C(=O)NCCc3ccc(S(N)(=O)=O)cc3)c2c1. The first-order chi connectivity index (χ1) is 15.3. The average molecular weight is 447 g/mol. The highest BCUT2D eigenvalue weighted by molar-refractivity contribution is 7.89. The second-order valence-electron chi connectivity index (χ2n) is 7.51. The van der Waals surface area contributed by atoms with E-state index >= 15 is 0 Å². The molecule has 0 aliphatic carbocycles. The number of sulfonamides is 1. The van der Waals surface area contributed by atoms with Gasteiger partial charge >= 0.3 is 0 Å². The van der Waals surface area contributed by atoms with E-state index in [9.17, 15) is 13.2 Å². The number of aryl methyl sites for hydroxylation is 1. The van der Waals surface area contributed by atoms with Crippen LogP contribution in [0, 0.1) is 6.92 Å². The number of nitrogens with one attached hydrogen (secondary N) is 1. The summed E-state index contributed by atoms with van der Waals surface area (Å²) in [5.74, 6) is -0.200. The smallest absolute Gasteiger partial charge is 0.252 e. The number of fused-ring (bicyclic) bond motifs is 1. The number of primary sulfonamides is 1. The molecular formula is C24H22N4O3S. The summed E-state index contributed by atoms with van der Waals surface area (Å²) in [7, 11) is -3.72. The van der Waals surface area contributed by atoms with Crippen molar-refractivity contribution in [3.63, 3.8) is 0 Å². The molecule has 4 rings (SSSR count). The lowest BCUT2D eigenvalue weighted by Crippen LogP contribution is -2.26. The molecule has 0 aliphatic rings. The molecule has 2 aromatic heterocycles. The van der Waals surface area contributed by atoms with Gasteiger partial charge in [-0.05, 0) is 61.4 Å². The maximum Gasteiger partial charge on any atom is 0.252 e. The summed E-state index contributed by atoms with van der Waals surface area (Å²) in [6, 6.07) is 17.7. The average Bonchev–Trinajstić information content (AvgIpc) is 2.78. The Hall–Kier alpha value is -3.62. The number of aromatic nitrogens is 2. The highest BCUT2D eigenvalue weighted by atomic mass is 32.2. The molecule has 0 aliphatic heterocycles. The molecule has 32 heavy (non-hydrogen) atoms. The Labute approximate surface area is 186 Å². The van der Waals surface area contributed by atoms with Crippen molar-refractivity contribution < 1.29 is 13.2 Å². The van der Waals surface area contributed by atoms with Crippen LogP contribution in [0.15, 0.2) is 78.0 Å². The number of pyridine rings is 2. The van der Waals surface area contributed by atoms with Gasteiger partial charge in [0.25, 0.3) is 5.91 Å². The Morgan fingerprint density at radius 1 is 1.06 bits per heavy atom. The van der Waals surface area contributed by atoms with Crippen LogP contribution in [-0.2, 0) is 16.4 Å². The van der Waals surface area contributed by atoms with E-state index in [4.69, 9.17) is 10.1 Å². The summed E-state index contributed by atoms with van der Waals surface area (Å²) in [5.41, 5.74) is 4.72. The van der Waals surface area contributed by atoms with Crippen molar-refractivity contribution >= 4 is 26.8 Å². The molecule has 0 bridgehead atoms. The minimum atomic E-state index is -3.72. The lowest BCUT2D eigenvalue weighted by Gasteiger charge is -2.11. The standard InChI is InChI=1S/C24H22N4O3S/c1-16-4-9-22-20(13-16)21(14-23(28-22)18-3-2-11-26-15-18)24(29)27-12-10-17-5-7-19(8-6-17)32(25,30)31/h2-9,11,13-15H,10,12H2,1H3,(H,27,29)(H2,25,30,31). The molecule has 0 saturated carbocycles. The first-order valence-corrected chi connectivity index (χ1v) is 11.6. The van der Waals surface area contributed by atoms with Crippen molar-refractivity contribution in [2.45, 2.75) is 18.2 Å². The van der Waals surface area contributed by atoms with Gasteiger partial charge in [-0.3, -0.25) is 9.78 Å². The first kappa shape index (κ1) is 21.6. The zero-order chi connectivity index (χ0) is 22.7. The van der Waals surface area contributed by atoms with Gasteiger partial charge in [-0.25, -0.2) is 18.5 Å². The Bertz CT molecular complexity index is 1390. The van der Waals surface area contributed by atoms with Gasteiger partial charge < -0.3 is 5.32 Å². The number of benzene rings is 2. The van der Waals surface area contributed by atoms with Crippen molar-refractivity contribution in [3.05, 3.63) is 89.7 Å². The fraction of sp³-hybridized carbons (Fsp3) is 0.125. The van der Waals surface area contributed by atoms with E-state index in [0.29, 0.717) is 24.2 Å². The van der Waals surface area contributed by atoms with Crippen LogP contribution in [-0.4, -0.2) is 30.8 Å². The van der Waals surface area contributed by atoms with Crippen LogP contribution in [0.1, 0.15) is 21.5 Å². The van der Waals surface area contributed by atoms with E-state index < -0.39 is 10.0 Å². The first-order valence-electron chi connectivity index (χ1n) is 10.0. The third kappa shape index (κ3) is 4.82. The van der Waals surface area contributed by atoms with Gasteiger partial charge in [0.15, 0.2) is 0 Å². The highest BCUT2D eigenvalue weighted by Crippen LogP contribution is 2.25. The van der Waals surface area contributed by atoms with Crippen LogP contribution >= 0.6 is 0 Å². The van der Waals surface area contributed by atoms with Gasteiger partial charge in [0.05, 0.1) is 21.7 Å². The zero-order valence-electron chi connectivity index (χ0n) is 17.4. The van der Waals surface area contributed by atoms with Crippen LogP contribution in [0.2, 0.25) is 0 Å². The Kier molecular flexibility index (Phi) is 5.98. The normalized spacial score (nSPS) is 11.4. The van der Waals surface area contributed by atoms with Crippen molar-refractivity contribution in [1.29, 1.82) is 0 Å². The number of carbonyl (C=O) groups is 1. The lowest BCUT2D eigenvalue weighted by atomic mass is 10.0. The highest BCUT2D eigenvalue weighted by Gasteiger charge is 2.14. The van der Waals surface area contributed by atoms with Crippen LogP contribution < -0.4 is 10.5 Å². The van der Waals surface area contributed by atoms with Crippen LogP contribution in [0.25, 0.3) is 22.2 Å². The predicted octanol–water partition coefficient (Wildman–Crippen LogP) is 3.23. The summed E-state index contributed by atoms with van der Waals surface area (Å²) in [6.45, 7) is 2.37. The molecule has 0 unspecified atom stereocenters. The molecule has 4 aromatic rings. The molecule has 0 atom stereocenters. The summed E-state index contributed by atoms with van der Waals surface area (Å²) < 4.78 is 22.8. The van der Waals surface area contributed by atoms with E-state index in [0.717, 1.165) is 27.6 Å².